The van der Waals surface area contributed by atoms with Crippen LogP contribution in [0.5, 0.6) is 0 Å². The van der Waals surface area contributed by atoms with Crippen molar-refractivity contribution in [2.45, 2.75) is 6.04 Å². The van der Waals surface area contributed by atoms with Gasteiger partial charge in [0.15, 0.2) is 0 Å². The van der Waals surface area contributed by atoms with E-state index in [0.29, 0.717) is 0 Å². The van der Waals surface area contributed by atoms with Gasteiger partial charge in [0.05, 0.1) is 6.04 Å². The number of nitrogens with one attached hydrogen (secondary N) is 1. The molecule has 1 aromatic carbocycles. The SMILES string of the molecule is CNC(CF)c1ccc(Br)cc1.Cl. The average Bonchev–Trinajstić information content (AvgIpc) is 2.10. The molecule has 0 heterocycles. The first kappa shape index (κ1) is 12.9. The van der Waals surface area contributed by atoms with Gasteiger partial charge >= 0.3 is 0 Å². The third-order valence-corrected chi connectivity index (χ3v) is 2.30. The van der Waals surface area contributed by atoms with E-state index in [0.717, 1.165) is 10.0 Å². The molecule has 0 bridgehead atoms. The maximum absolute atomic E-state index is 12.4. The minimum Gasteiger partial charge on any atom is -0.311 e. The summed E-state index contributed by atoms with van der Waals surface area (Å²) in [7, 11) is 1.76. The summed E-state index contributed by atoms with van der Waals surface area (Å²) in [4.78, 5) is 0. The standard InChI is InChI=1S/C9H11BrFN.ClH/c1-12-9(6-11)7-2-4-8(10)5-3-7;/h2-5,9,12H,6H2,1H3;1H. The Morgan fingerprint density at radius 3 is 2.31 bits per heavy atom. The highest BCUT2D eigenvalue weighted by molar-refractivity contribution is 9.10. The highest BCUT2D eigenvalue weighted by Crippen LogP contribution is 2.16. The second kappa shape index (κ2) is 6.35. The van der Waals surface area contributed by atoms with Crippen LogP contribution in [0.2, 0.25) is 0 Å². The van der Waals surface area contributed by atoms with E-state index in [4.69, 9.17) is 0 Å². The monoisotopic (exact) mass is 267 g/mol. The molecule has 0 spiro atoms. The molecular formula is C9H12BrClFN. The molecular weight excluding hydrogens is 256 g/mol. The van der Waals surface area contributed by atoms with E-state index in [1.165, 1.54) is 0 Å². The summed E-state index contributed by atoms with van der Waals surface area (Å²) in [5.74, 6) is 0. The average molecular weight is 269 g/mol. The summed E-state index contributed by atoms with van der Waals surface area (Å²) < 4.78 is 13.4. The minimum absolute atomic E-state index is 0. The predicted octanol–water partition coefficient (Wildman–Crippen LogP) is 3.10. The lowest BCUT2D eigenvalue weighted by molar-refractivity contribution is 0.400. The van der Waals surface area contributed by atoms with Crippen LogP contribution < -0.4 is 5.32 Å². The molecule has 1 atom stereocenters. The van der Waals surface area contributed by atoms with Crippen LogP contribution in [0.4, 0.5) is 4.39 Å². The Bertz CT molecular complexity index is 236. The van der Waals surface area contributed by atoms with E-state index in [-0.39, 0.29) is 25.1 Å². The minimum atomic E-state index is -0.377. The van der Waals surface area contributed by atoms with Gasteiger partial charge in [-0.1, -0.05) is 28.1 Å². The molecule has 0 saturated heterocycles. The molecule has 1 unspecified atom stereocenters. The lowest BCUT2D eigenvalue weighted by Gasteiger charge is -2.11. The molecule has 74 valence electrons. The Hall–Kier alpha value is -0.120. The van der Waals surface area contributed by atoms with E-state index < -0.39 is 0 Å². The number of benzene rings is 1. The fourth-order valence-corrected chi connectivity index (χ4v) is 1.29. The predicted molar refractivity (Wildman–Crippen MR) is 59.2 cm³/mol. The van der Waals surface area contributed by atoms with Crippen LogP contribution in [0, 0.1) is 0 Å². The summed E-state index contributed by atoms with van der Waals surface area (Å²) in [6.45, 7) is -0.377. The number of alkyl halides is 1. The van der Waals surface area contributed by atoms with Gasteiger partial charge in [-0.15, -0.1) is 12.4 Å². The van der Waals surface area contributed by atoms with E-state index in [2.05, 4.69) is 21.2 Å². The number of halogens is 3. The third-order valence-electron chi connectivity index (χ3n) is 1.78. The number of hydrogen-bond acceptors (Lipinski definition) is 1. The summed E-state index contributed by atoms with van der Waals surface area (Å²) in [6, 6.07) is 7.46. The molecule has 1 rings (SSSR count). The first-order valence-corrected chi connectivity index (χ1v) is 4.56. The smallest absolute Gasteiger partial charge is 0.109 e. The van der Waals surface area contributed by atoms with Gasteiger partial charge in [-0.2, -0.15) is 0 Å². The highest BCUT2D eigenvalue weighted by atomic mass is 79.9. The Morgan fingerprint density at radius 2 is 1.92 bits per heavy atom. The molecule has 0 aliphatic heterocycles. The van der Waals surface area contributed by atoms with Crippen LogP contribution in [0.3, 0.4) is 0 Å². The Kier molecular flexibility index (Phi) is 6.29. The first-order valence-electron chi connectivity index (χ1n) is 3.76. The molecule has 0 amide bonds. The second-order valence-electron chi connectivity index (χ2n) is 2.55. The van der Waals surface area contributed by atoms with Crippen molar-refractivity contribution >= 4 is 28.3 Å². The second-order valence-corrected chi connectivity index (χ2v) is 3.46. The van der Waals surface area contributed by atoms with Crippen molar-refractivity contribution in [3.63, 3.8) is 0 Å². The summed E-state index contributed by atoms with van der Waals surface area (Å²) in [5, 5.41) is 2.90. The molecule has 0 aliphatic rings. The number of rotatable bonds is 3. The van der Waals surface area contributed by atoms with Gasteiger partial charge < -0.3 is 5.32 Å². The summed E-state index contributed by atoms with van der Waals surface area (Å²) >= 11 is 3.32. The Labute approximate surface area is 92.3 Å². The normalized spacial score (nSPS) is 11.9. The number of hydrogen-bond donors (Lipinski definition) is 1. The lowest BCUT2D eigenvalue weighted by atomic mass is 10.1. The van der Waals surface area contributed by atoms with Crippen molar-refractivity contribution in [1.82, 2.24) is 5.32 Å². The van der Waals surface area contributed by atoms with Crippen LogP contribution in [-0.2, 0) is 0 Å². The van der Waals surface area contributed by atoms with Gasteiger partial charge in [0.2, 0.25) is 0 Å². The van der Waals surface area contributed by atoms with Gasteiger partial charge in [-0.25, -0.2) is 4.39 Å². The molecule has 1 aromatic rings. The molecule has 0 radical (unpaired) electrons. The van der Waals surface area contributed by atoms with E-state index in [1.807, 2.05) is 24.3 Å². The summed E-state index contributed by atoms with van der Waals surface area (Å²) in [6.07, 6.45) is 0. The van der Waals surface area contributed by atoms with E-state index in [9.17, 15) is 4.39 Å². The van der Waals surface area contributed by atoms with Gasteiger partial charge in [0.1, 0.15) is 6.67 Å². The molecule has 1 N–H and O–H groups in total. The van der Waals surface area contributed by atoms with Crippen LogP contribution in [0.25, 0.3) is 0 Å². The zero-order valence-corrected chi connectivity index (χ0v) is 9.66. The van der Waals surface area contributed by atoms with Gasteiger partial charge in [0, 0.05) is 4.47 Å². The maximum atomic E-state index is 12.4. The maximum Gasteiger partial charge on any atom is 0.109 e. The van der Waals surface area contributed by atoms with Crippen molar-refractivity contribution in [2.24, 2.45) is 0 Å². The molecule has 0 saturated carbocycles. The fraction of sp³-hybridized carbons (Fsp3) is 0.333. The zero-order valence-electron chi connectivity index (χ0n) is 7.26. The van der Waals surface area contributed by atoms with Crippen molar-refractivity contribution in [1.29, 1.82) is 0 Å². The van der Waals surface area contributed by atoms with Gasteiger partial charge in [-0.3, -0.25) is 0 Å². The van der Waals surface area contributed by atoms with E-state index >= 15 is 0 Å². The quantitative estimate of drug-likeness (QED) is 0.888. The van der Waals surface area contributed by atoms with Gasteiger partial charge in [-0.05, 0) is 24.7 Å². The third kappa shape index (κ3) is 3.63. The Morgan fingerprint density at radius 1 is 1.38 bits per heavy atom. The van der Waals surface area contributed by atoms with Crippen molar-refractivity contribution in [3.05, 3.63) is 34.3 Å². The molecule has 0 aromatic heterocycles. The lowest BCUT2D eigenvalue weighted by Crippen LogP contribution is -2.17. The fourth-order valence-electron chi connectivity index (χ4n) is 1.03. The molecule has 1 nitrogen and oxygen atoms in total. The Balaban J connectivity index is 0.00000144. The van der Waals surface area contributed by atoms with Crippen molar-refractivity contribution in [3.8, 4) is 0 Å². The topological polar surface area (TPSA) is 12.0 Å². The molecule has 0 aliphatic carbocycles. The van der Waals surface area contributed by atoms with Crippen LogP contribution >= 0.6 is 28.3 Å². The van der Waals surface area contributed by atoms with E-state index in [1.54, 1.807) is 7.05 Å². The first-order chi connectivity index (χ1) is 5.77. The molecule has 0 fully saturated rings. The van der Waals surface area contributed by atoms with Crippen molar-refractivity contribution in [2.75, 3.05) is 13.7 Å². The van der Waals surface area contributed by atoms with Crippen LogP contribution in [-0.4, -0.2) is 13.7 Å². The molecule has 4 heteroatoms. The highest BCUT2D eigenvalue weighted by Gasteiger charge is 2.06. The summed E-state index contributed by atoms with van der Waals surface area (Å²) in [5.41, 5.74) is 0.975. The van der Waals surface area contributed by atoms with Gasteiger partial charge in [0.25, 0.3) is 0 Å². The van der Waals surface area contributed by atoms with Crippen molar-refractivity contribution < 1.29 is 4.39 Å². The zero-order chi connectivity index (χ0) is 8.97. The molecule has 13 heavy (non-hydrogen) atoms. The largest absolute Gasteiger partial charge is 0.311 e. The van der Waals surface area contributed by atoms with Crippen LogP contribution in [0.1, 0.15) is 11.6 Å². The van der Waals surface area contributed by atoms with Crippen LogP contribution in [0.15, 0.2) is 28.7 Å².